The Bertz CT molecular complexity index is 489. The Kier molecular flexibility index (Phi) is 4.77. The lowest BCUT2D eigenvalue weighted by atomic mass is 9.96. The normalized spacial score (nSPS) is 14.8. The van der Waals surface area contributed by atoms with Crippen LogP contribution < -0.4 is 0 Å². The Morgan fingerprint density at radius 2 is 1.75 bits per heavy atom. The van der Waals surface area contributed by atoms with Crippen LogP contribution in [-0.2, 0) is 9.47 Å². The molecule has 108 valence electrons. The molecular formula is C16H20O4. The van der Waals surface area contributed by atoms with E-state index in [0.717, 1.165) is 19.3 Å². The molecule has 0 atom stereocenters. The van der Waals surface area contributed by atoms with Gasteiger partial charge in [-0.2, -0.15) is 0 Å². The van der Waals surface area contributed by atoms with E-state index >= 15 is 0 Å². The van der Waals surface area contributed by atoms with Crippen LogP contribution in [0.15, 0.2) is 24.3 Å². The molecule has 0 N–H and O–H groups in total. The average Bonchev–Trinajstić information content (AvgIpc) is 2.40. The number of rotatable bonds is 5. The van der Waals surface area contributed by atoms with Gasteiger partial charge in [-0.3, -0.25) is 0 Å². The molecule has 2 rings (SSSR count). The van der Waals surface area contributed by atoms with Crippen LogP contribution in [0.3, 0.4) is 0 Å². The van der Waals surface area contributed by atoms with Gasteiger partial charge < -0.3 is 9.47 Å². The van der Waals surface area contributed by atoms with Crippen molar-refractivity contribution in [1.82, 2.24) is 0 Å². The number of carbonyl (C=O) groups excluding carboxylic acids is 2. The van der Waals surface area contributed by atoms with E-state index < -0.39 is 11.9 Å². The molecule has 0 bridgehead atoms. The van der Waals surface area contributed by atoms with E-state index in [1.165, 1.54) is 0 Å². The van der Waals surface area contributed by atoms with Crippen molar-refractivity contribution in [3.63, 3.8) is 0 Å². The SMILES string of the molecule is CC(C)COC(=O)c1ccccc1C(=O)OC1CCC1. The van der Waals surface area contributed by atoms with Crippen molar-refractivity contribution in [1.29, 1.82) is 0 Å². The molecule has 20 heavy (non-hydrogen) atoms. The lowest BCUT2D eigenvalue weighted by Gasteiger charge is -2.25. The van der Waals surface area contributed by atoms with Crippen molar-refractivity contribution in [2.24, 2.45) is 5.92 Å². The Morgan fingerprint density at radius 1 is 1.15 bits per heavy atom. The number of ether oxygens (including phenoxy) is 2. The lowest BCUT2D eigenvalue weighted by molar-refractivity contribution is 0.00845. The molecule has 4 nitrogen and oxygen atoms in total. The smallest absolute Gasteiger partial charge is 0.339 e. The largest absolute Gasteiger partial charge is 0.462 e. The molecule has 1 saturated carbocycles. The van der Waals surface area contributed by atoms with Crippen molar-refractivity contribution < 1.29 is 19.1 Å². The Morgan fingerprint density at radius 3 is 2.25 bits per heavy atom. The van der Waals surface area contributed by atoms with Gasteiger partial charge in [0, 0.05) is 0 Å². The van der Waals surface area contributed by atoms with E-state index in [4.69, 9.17) is 9.47 Å². The van der Waals surface area contributed by atoms with Crippen molar-refractivity contribution in [3.8, 4) is 0 Å². The molecular weight excluding hydrogens is 256 g/mol. The van der Waals surface area contributed by atoms with E-state index in [1.807, 2.05) is 13.8 Å². The summed E-state index contributed by atoms with van der Waals surface area (Å²) in [7, 11) is 0. The number of hydrogen-bond donors (Lipinski definition) is 0. The van der Waals surface area contributed by atoms with Gasteiger partial charge in [0.1, 0.15) is 6.10 Å². The van der Waals surface area contributed by atoms with Crippen LogP contribution in [-0.4, -0.2) is 24.6 Å². The van der Waals surface area contributed by atoms with Crippen molar-refractivity contribution in [2.75, 3.05) is 6.61 Å². The van der Waals surface area contributed by atoms with Crippen LogP contribution in [0.4, 0.5) is 0 Å². The first-order chi connectivity index (χ1) is 9.58. The van der Waals surface area contributed by atoms with Crippen LogP contribution in [0.2, 0.25) is 0 Å². The zero-order valence-electron chi connectivity index (χ0n) is 11.9. The number of carbonyl (C=O) groups is 2. The minimum atomic E-state index is -0.472. The second-order valence-electron chi connectivity index (χ2n) is 5.50. The summed E-state index contributed by atoms with van der Waals surface area (Å²) in [4.78, 5) is 24.1. The fraction of sp³-hybridized carbons (Fsp3) is 0.500. The van der Waals surface area contributed by atoms with E-state index in [9.17, 15) is 9.59 Å². The summed E-state index contributed by atoms with van der Waals surface area (Å²) >= 11 is 0. The molecule has 0 spiro atoms. The monoisotopic (exact) mass is 276 g/mol. The molecule has 1 aromatic carbocycles. The first-order valence-corrected chi connectivity index (χ1v) is 7.05. The van der Waals surface area contributed by atoms with Crippen LogP contribution >= 0.6 is 0 Å². The van der Waals surface area contributed by atoms with E-state index in [0.29, 0.717) is 6.61 Å². The van der Waals surface area contributed by atoms with Gasteiger partial charge >= 0.3 is 11.9 Å². The molecule has 0 aliphatic heterocycles. The van der Waals surface area contributed by atoms with Crippen molar-refractivity contribution in [2.45, 2.75) is 39.2 Å². The third-order valence-corrected chi connectivity index (χ3v) is 3.24. The highest BCUT2D eigenvalue weighted by molar-refractivity contribution is 6.03. The van der Waals surface area contributed by atoms with Gasteiger partial charge in [0.15, 0.2) is 0 Å². The van der Waals surface area contributed by atoms with Crippen LogP contribution in [0, 0.1) is 5.92 Å². The van der Waals surface area contributed by atoms with Gasteiger partial charge in [-0.1, -0.05) is 26.0 Å². The predicted octanol–water partition coefficient (Wildman–Crippen LogP) is 3.21. The number of hydrogen-bond acceptors (Lipinski definition) is 4. The summed E-state index contributed by atoms with van der Waals surface area (Å²) < 4.78 is 10.5. The van der Waals surface area contributed by atoms with E-state index in [2.05, 4.69) is 0 Å². The van der Waals surface area contributed by atoms with Gasteiger partial charge in [-0.25, -0.2) is 9.59 Å². The van der Waals surface area contributed by atoms with E-state index in [-0.39, 0.29) is 23.1 Å². The maximum Gasteiger partial charge on any atom is 0.339 e. The molecule has 1 fully saturated rings. The van der Waals surface area contributed by atoms with Crippen LogP contribution in [0.1, 0.15) is 53.8 Å². The standard InChI is InChI=1S/C16H20O4/c1-11(2)10-19-15(17)13-8-3-4-9-14(13)16(18)20-12-6-5-7-12/h3-4,8-9,11-12H,5-7,10H2,1-2H3. The summed E-state index contributed by atoms with van der Waals surface area (Å²) in [6.45, 7) is 4.26. The Labute approximate surface area is 119 Å². The molecule has 0 unspecified atom stereocenters. The molecule has 4 heteroatoms. The predicted molar refractivity (Wildman–Crippen MR) is 74.6 cm³/mol. The molecule has 1 aromatic rings. The Balaban J connectivity index is 2.08. The highest BCUT2D eigenvalue weighted by Gasteiger charge is 2.25. The highest BCUT2D eigenvalue weighted by Crippen LogP contribution is 2.24. The Hall–Kier alpha value is -1.84. The fourth-order valence-corrected chi connectivity index (χ4v) is 1.86. The minimum absolute atomic E-state index is 0.00207. The molecule has 1 aliphatic carbocycles. The van der Waals surface area contributed by atoms with Crippen molar-refractivity contribution in [3.05, 3.63) is 35.4 Å². The summed E-state index contributed by atoms with van der Waals surface area (Å²) in [5.74, 6) is -0.653. The molecule has 0 amide bonds. The second-order valence-corrected chi connectivity index (χ2v) is 5.50. The van der Waals surface area contributed by atoms with Gasteiger partial charge in [-0.15, -0.1) is 0 Å². The average molecular weight is 276 g/mol. The summed E-state index contributed by atoms with van der Waals surface area (Å²) in [6, 6.07) is 6.63. The minimum Gasteiger partial charge on any atom is -0.462 e. The van der Waals surface area contributed by atoms with Crippen LogP contribution in [0.5, 0.6) is 0 Å². The lowest BCUT2D eigenvalue weighted by Crippen LogP contribution is -2.26. The maximum absolute atomic E-state index is 12.1. The third-order valence-electron chi connectivity index (χ3n) is 3.24. The molecule has 0 saturated heterocycles. The first-order valence-electron chi connectivity index (χ1n) is 7.05. The molecule has 0 aromatic heterocycles. The molecule has 0 radical (unpaired) electrons. The second kappa shape index (κ2) is 6.55. The first kappa shape index (κ1) is 14.6. The topological polar surface area (TPSA) is 52.6 Å². The summed E-state index contributed by atoms with van der Waals surface area (Å²) in [6.07, 6.45) is 2.91. The quantitative estimate of drug-likeness (QED) is 0.775. The summed E-state index contributed by atoms with van der Waals surface area (Å²) in [5, 5.41) is 0. The van der Waals surface area contributed by atoms with Gasteiger partial charge in [0.2, 0.25) is 0 Å². The zero-order chi connectivity index (χ0) is 14.5. The van der Waals surface area contributed by atoms with Crippen molar-refractivity contribution >= 4 is 11.9 Å². The van der Waals surface area contributed by atoms with Gasteiger partial charge in [0.25, 0.3) is 0 Å². The number of esters is 2. The maximum atomic E-state index is 12.1. The fourth-order valence-electron chi connectivity index (χ4n) is 1.86. The summed E-state index contributed by atoms with van der Waals surface area (Å²) in [5.41, 5.74) is 0.561. The molecule has 0 heterocycles. The number of benzene rings is 1. The van der Waals surface area contributed by atoms with Gasteiger partial charge in [-0.05, 0) is 37.3 Å². The highest BCUT2D eigenvalue weighted by atomic mass is 16.5. The molecule has 1 aliphatic rings. The van der Waals surface area contributed by atoms with Crippen LogP contribution in [0.25, 0.3) is 0 Å². The third kappa shape index (κ3) is 3.59. The zero-order valence-corrected chi connectivity index (χ0v) is 11.9. The van der Waals surface area contributed by atoms with E-state index in [1.54, 1.807) is 24.3 Å². The van der Waals surface area contributed by atoms with Gasteiger partial charge in [0.05, 0.1) is 17.7 Å².